The molecule has 0 fully saturated rings. The molecule has 0 spiro atoms. The van der Waals surface area contributed by atoms with E-state index in [2.05, 4.69) is 65.2 Å². The van der Waals surface area contributed by atoms with Gasteiger partial charge in [-0.2, -0.15) is 0 Å². The van der Waals surface area contributed by atoms with Gasteiger partial charge in [0.05, 0.1) is 0 Å². The number of para-hydroxylation sites is 1. The van der Waals surface area contributed by atoms with E-state index in [0.717, 1.165) is 37.6 Å². The van der Waals surface area contributed by atoms with Crippen molar-refractivity contribution in [3.8, 4) is 0 Å². The molecule has 0 radical (unpaired) electrons. The number of rotatable bonds is 7. The summed E-state index contributed by atoms with van der Waals surface area (Å²) in [6, 6.07) is 10.4. The summed E-state index contributed by atoms with van der Waals surface area (Å²) >= 11 is 0. The molecule has 1 aromatic heterocycles. The minimum Gasteiger partial charge on any atom is -0.370 e. The van der Waals surface area contributed by atoms with Gasteiger partial charge in [-0.3, -0.25) is 0 Å². The topological polar surface area (TPSA) is 41.1 Å². The summed E-state index contributed by atoms with van der Waals surface area (Å²) in [6.07, 6.45) is 3.70. The van der Waals surface area contributed by atoms with Crippen LogP contribution in [-0.4, -0.2) is 23.1 Å². The monoisotopic (exact) mass is 284 g/mol. The summed E-state index contributed by atoms with van der Waals surface area (Å²) in [7, 11) is 0. The second-order valence-corrected chi connectivity index (χ2v) is 4.88. The number of hydrogen-bond donors (Lipinski definition) is 1. The Hall–Kier alpha value is -2.10. The van der Waals surface area contributed by atoms with Gasteiger partial charge in [0, 0.05) is 24.3 Å². The van der Waals surface area contributed by atoms with Crippen molar-refractivity contribution in [3.63, 3.8) is 0 Å². The van der Waals surface area contributed by atoms with E-state index >= 15 is 0 Å². The zero-order valence-corrected chi connectivity index (χ0v) is 13.1. The Balaban J connectivity index is 2.47. The Bertz CT molecular complexity index is 554. The molecule has 0 bridgehead atoms. The van der Waals surface area contributed by atoms with E-state index in [9.17, 15) is 0 Å². The number of anilines is 3. The van der Waals surface area contributed by atoms with Crippen molar-refractivity contribution < 1.29 is 0 Å². The Morgan fingerprint density at radius 1 is 1.05 bits per heavy atom. The predicted molar refractivity (Wildman–Crippen MR) is 89.3 cm³/mol. The number of nitrogens with zero attached hydrogens (tertiary/aromatic N) is 3. The normalized spacial score (nSPS) is 10.4. The van der Waals surface area contributed by atoms with Gasteiger partial charge in [0.15, 0.2) is 0 Å². The lowest BCUT2D eigenvalue weighted by molar-refractivity contribution is 0.875. The highest BCUT2D eigenvalue weighted by atomic mass is 15.2. The first-order valence-corrected chi connectivity index (χ1v) is 7.72. The standard InChI is InChI=1S/C17H24N4/c1-4-10-15-16(18-5-2)19-13-20-17(15)21(6-3)14-11-8-7-9-12-14/h7-9,11-13H,4-6,10H2,1-3H3,(H,18,19,20). The highest BCUT2D eigenvalue weighted by Gasteiger charge is 2.16. The van der Waals surface area contributed by atoms with Crippen LogP contribution in [0, 0.1) is 0 Å². The molecule has 2 rings (SSSR count). The molecule has 0 aliphatic rings. The van der Waals surface area contributed by atoms with Crippen LogP contribution < -0.4 is 10.2 Å². The molecule has 0 aliphatic carbocycles. The van der Waals surface area contributed by atoms with E-state index < -0.39 is 0 Å². The van der Waals surface area contributed by atoms with E-state index in [-0.39, 0.29) is 0 Å². The zero-order chi connectivity index (χ0) is 15.1. The smallest absolute Gasteiger partial charge is 0.141 e. The van der Waals surface area contributed by atoms with Crippen LogP contribution in [0.15, 0.2) is 36.7 Å². The zero-order valence-electron chi connectivity index (χ0n) is 13.1. The van der Waals surface area contributed by atoms with Gasteiger partial charge in [-0.15, -0.1) is 0 Å². The molecule has 21 heavy (non-hydrogen) atoms. The van der Waals surface area contributed by atoms with Crippen molar-refractivity contribution in [2.75, 3.05) is 23.3 Å². The lowest BCUT2D eigenvalue weighted by Crippen LogP contribution is -2.20. The third-order valence-corrected chi connectivity index (χ3v) is 3.41. The number of benzene rings is 1. The minimum atomic E-state index is 0.866. The maximum atomic E-state index is 4.56. The van der Waals surface area contributed by atoms with Gasteiger partial charge in [-0.1, -0.05) is 31.5 Å². The first-order chi connectivity index (χ1) is 10.3. The summed E-state index contributed by atoms with van der Waals surface area (Å²) in [5.41, 5.74) is 2.37. The van der Waals surface area contributed by atoms with E-state index in [1.54, 1.807) is 6.33 Å². The molecule has 0 aliphatic heterocycles. The molecule has 112 valence electrons. The second-order valence-electron chi connectivity index (χ2n) is 4.88. The first kappa shape index (κ1) is 15.3. The summed E-state index contributed by atoms with van der Waals surface area (Å²) in [5, 5.41) is 3.35. The fourth-order valence-electron chi connectivity index (χ4n) is 2.50. The predicted octanol–water partition coefficient (Wildman–Crippen LogP) is 4.02. The fourth-order valence-corrected chi connectivity index (χ4v) is 2.50. The van der Waals surface area contributed by atoms with Gasteiger partial charge < -0.3 is 10.2 Å². The molecule has 0 amide bonds. The van der Waals surface area contributed by atoms with Crippen molar-refractivity contribution in [2.24, 2.45) is 0 Å². The summed E-state index contributed by atoms with van der Waals surface area (Å²) in [5.74, 6) is 1.97. The number of hydrogen-bond acceptors (Lipinski definition) is 4. The highest BCUT2D eigenvalue weighted by Crippen LogP contribution is 2.30. The summed E-state index contributed by atoms with van der Waals surface area (Å²) in [4.78, 5) is 11.2. The van der Waals surface area contributed by atoms with Gasteiger partial charge in [-0.05, 0) is 32.4 Å². The van der Waals surface area contributed by atoms with Crippen LogP contribution in [0.4, 0.5) is 17.3 Å². The molecule has 0 saturated carbocycles. The molecule has 2 aromatic rings. The van der Waals surface area contributed by atoms with E-state index in [4.69, 9.17) is 0 Å². The second kappa shape index (κ2) is 7.62. The van der Waals surface area contributed by atoms with E-state index in [1.165, 1.54) is 11.3 Å². The van der Waals surface area contributed by atoms with Crippen molar-refractivity contribution in [1.82, 2.24) is 9.97 Å². The van der Waals surface area contributed by atoms with Gasteiger partial charge in [0.2, 0.25) is 0 Å². The Morgan fingerprint density at radius 3 is 2.43 bits per heavy atom. The minimum absolute atomic E-state index is 0.866. The summed E-state index contributed by atoms with van der Waals surface area (Å²) < 4.78 is 0. The fraction of sp³-hybridized carbons (Fsp3) is 0.412. The Kier molecular flexibility index (Phi) is 5.55. The van der Waals surface area contributed by atoms with Gasteiger partial charge in [0.1, 0.15) is 18.0 Å². The molecular weight excluding hydrogens is 260 g/mol. The Labute approximate surface area is 127 Å². The van der Waals surface area contributed by atoms with Crippen molar-refractivity contribution in [3.05, 3.63) is 42.2 Å². The maximum Gasteiger partial charge on any atom is 0.141 e. The molecular formula is C17H24N4. The van der Waals surface area contributed by atoms with E-state index in [0.29, 0.717) is 0 Å². The maximum absolute atomic E-state index is 4.56. The van der Waals surface area contributed by atoms with Gasteiger partial charge in [0.25, 0.3) is 0 Å². The average molecular weight is 284 g/mol. The molecule has 4 heteroatoms. The lowest BCUT2D eigenvalue weighted by atomic mass is 10.1. The van der Waals surface area contributed by atoms with Crippen molar-refractivity contribution in [2.45, 2.75) is 33.6 Å². The summed E-state index contributed by atoms with van der Waals surface area (Å²) in [6.45, 7) is 8.17. The van der Waals surface area contributed by atoms with Crippen LogP contribution in [0.5, 0.6) is 0 Å². The van der Waals surface area contributed by atoms with Crippen LogP contribution in [0.2, 0.25) is 0 Å². The van der Waals surface area contributed by atoms with Crippen LogP contribution in [0.3, 0.4) is 0 Å². The van der Waals surface area contributed by atoms with Crippen molar-refractivity contribution in [1.29, 1.82) is 0 Å². The molecule has 4 nitrogen and oxygen atoms in total. The molecule has 0 saturated heterocycles. The van der Waals surface area contributed by atoms with Crippen LogP contribution in [0.1, 0.15) is 32.8 Å². The SMILES string of the molecule is CCCc1c(NCC)ncnc1N(CC)c1ccccc1. The lowest BCUT2D eigenvalue weighted by Gasteiger charge is -2.25. The molecule has 0 atom stereocenters. The molecule has 1 heterocycles. The first-order valence-electron chi connectivity index (χ1n) is 7.72. The van der Waals surface area contributed by atoms with Gasteiger partial charge in [-0.25, -0.2) is 9.97 Å². The van der Waals surface area contributed by atoms with Crippen molar-refractivity contribution >= 4 is 17.3 Å². The highest BCUT2D eigenvalue weighted by molar-refractivity contribution is 5.67. The van der Waals surface area contributed by atoms with E-state index in [1.807, 2.05) is 6.07 Å². The Morgan fingerprint density at radius 2 is 1.81 bits per heavy atom. The van der Waals surface area contributed by atoms with Crippen LogP contribution >= 0.6 is 0 Å². The third kappa shape index (κ3) is 3.51. The molecule has 0 unspecified atom stereocenters. The molecule has 1 aromatic carbocycles. The largest absolute Gasteiger partial charge is 0.370 e. The van der Waals surface area contributed by atoms with Gasteiger partial charge >= 0.3 is 0 Å². The number of aromatic nitrogens is 2. The molecule has 1 N–H and O–H groups in total. The number of nitrogens with one attached hydrogen (secondary N) is 1. The average Bonchev–Trinajstić information content (AvgIpc) is 2.52. The van der Waals surface area contributed by atoms with Crippen LogP contribution in [-0.2, 0) is 6.42 Å². The quantitative estimate of drug-likeness (QED) is 0.833. The third-order valence-electron chi connectivity index (χ3n) is 3.41. The van der Waals surface area contributed by atoms with Crippen LogP contribution in [0.25, 0.3) is 0 Å².